The molecule has 0 aliphatic carbocycles. The van der Waals surface area contributed by atoms with Gasteiger partial charge < -0.3 is 9.47 Å². The van der Waals surface area contributed by atoms with E-state index in [9.17, 15) is 4.79 Å². The van der Waals surface area contributed by atoms with Crippen LogP contribution in [0, 0.1) is 0 Å². The van der Waals surface area contributed by atoms with E-state index in [-0.39, 0.29) is 13.2 Å². The van der Waals surface area contributed by atoms with Crippen molar-refractivity contribution in [3.05, 3.63) is 71.0 Å². The Hall–Kier alpha value is -2.73. The van der Waals surface area contributed by atoms with Crippen molar-refractivity contribution in [3.8, 4) is 5.75 Å². The highest BCUT2D eigenvalue weighted by Gasteiger charge is 2.00. The molecule has 0 saturated carbocycles. The molecule has 0 aliphatic heterocycles. The highest BCUT2D eigenvalue weighted by molar-refractivity contribution is 9.10. The number of halogens is 1. The number of esters is 1. The average Bonchev–Trinajstić information content (AvgIpc) is 2.63. The van der Waals surface area contributed by atoms with Crippen LogP contribution in [-0.4, -0.2) is 29.2 Å². The number of ether oxygens (including phenoxy) is 2. The molecule has 3 rings (SSSR count). The first-order valence-corrected chi connectivity index (χ1v) is 8.45. The Bertz CT molecular complexity index is 912. The summed E-state index contributed by atoms with van der Waals surface area (Å²) in [6.07, 6.45) is 4.53. The van der Waals surface area contributed by atoms with E-state index in [0.717, 1.165) is 15.5 Å². The van der Waals surface area contributed by atoms with Gasteiger partial charge in [0.1, 0.15) is 19.0 Å². The number of nitrogens with zero attached hydrogens (tertiary/aromatic N) is 2. The molecule has 126 valence electrons. The van der Waals surface area contributed by atoms with E-state index >= 15 is 0 Å². The summed E-state index contributed by atoms with van der Waals surface area (Å²) in [5.74, 6) is 0.264. The van der Waals surface area contributed by atoms with Crippen molar-refractivity contribution in [3.63, 3.8) is 0 Å². The molecule has 3 aromatic rings. The van der Waals surface area contributed by atoms with Gasteiger partial charge in [0, 0.05) is 10.5 Å². The molecule has 0 radical (unpaired) electrons. The number of fused-ring (bicyclic) bond motifs is 1. The molecule has 0 spiro atoms. The lowest BCUT2D eigenvalue weighted by atomic mass is 10.3. The highest BCUT2D eigenvalue weighted by atomic mass is 79.9. The molecule has 0 amide bonds. The molecular formula is C19H15BrN2O3. The molecule has 2 aromatic carbocycles. The summed E-state index contributed by atoms with van der Waals surface area (Å²) in [6, 6.07) is 15.0. The lowest BCUT2D eigenvalue weighted by Gasteiger charge is -2.06. The van der Waals surface area contributed by atoms with Crippen molar-refractivity contribution < 1.29 is 14.3 Å². The Morgan fingerprint density at radius 2 is 1.92 bits per heavy atom. The Morgan fingerprint density at radius 3 is 2.76 bits per heavy atom. The van der Waals surface area contributed by atoms with Crippen LogP contribution in [0.3, 0.4) is 0 Å². The minimum absolute atomic E-state index is 0.166. The minimum Gasteiger partial charge on any atom is -0.490 e. The molecule has 25 heavy (non-hydrogen) atoms. The molecule has 0 bridgehead atoms. The number of para-hydroxylation sites is 2. The zero-order valence-corrected chi connectivity index (χ0v) is 14.8. The maximum atomic E-state index is 11.7. The van der Waals surface area contributed by atoms with Crippen LogP contribution in [0.4, 0.5) is 0 Å². The van der Waals surface area contributed by atoms with E-state index < -0.39 is 5.97 Å². The fraction of sp³-hybridized carbons (Fsp3) is 0.105. The molecule has 0 unspecified atom stereocenters. The smallest absolute Gasteiger partial charge is 0.330 e. The molecule has 1 aromatic heterocycles. The summed E-state index contributed by atoms with van der Waals surface area (Å²) in [4.78, 5) is 20.4. The second kappa shape index (κ2) is 8.39. The van der Waals surface area contributed by atoms with Crippen LogP contribution in [-0.2, 0) is 9.53 Å². The average molecular weight is 399 g/mol. The maximum absolute atomic E-state index is 11.7. The van der Waals surface area contributed by atoms with Crippen molar-refractivity contribution >= 4 is 39.0 Å². The topological polar surface area (TPSA) is 61.3 Å². The predicted octanol–water partition coefficient (Wildman–Crippen LogP) is 4.03. The first-order valence-electron chi connectivity index (χ1n) is 7.66. The SMILES string of the molecule is O=C(/C=C/c1cnc2ccccc2n1)OCCOc1cccc(Br)c1. The Morgan fingerprint density at radius 1 is 1.08 bits per heavy atom. The Balaban J connectivity index is 1.47. The fourth-order valence-corrected chi connectivity index (χ4v) is 2.49. The lowest BCUT2D eigenvalue weighted by molar-refractivity contribution is -0.138. The zero-order chi connectivity index (χ0) is 17.5. The summed E-state index contributed by atoms with van der Waals surface area (Å²) in [7, 11) is 0. The van der Waals surface area contributed by atoms with Gasteiger partial charge in [-0.15, -0.1) is 0 Å². The van der Waals surface area contributed by atoms with Crippen molar-refractivity contribution in [2.45, 2.75) is 0 Å². The zero-order valence-electron chi connectivity index (χ0n) is 13.3. The molecule has 5 nitrogen and oxygen atoms in total. The van der Waals surface area contributed by atoms with E-state index in [2.05, 4.69) is 25.9 Å². The molecule has 0 saturated heterocycles. The first-order chi connectivity index (χ1) is 12.2. The van der Waals surface area contributed by atoms with Crippen LogP contribution in [0.25, 0.3) is 17.1 Å². The van der Waals surface area contributed by atoms with Gasteiger partial charge in [0.25, 0.3) is 0 Å². The quantitative estimate of drug-likeness (QED) is 0.356. The van der Waals surface area contributed by atoms with Crippen LogP contribution in [0.5, 0.6) is 5.75 Å². The third-order valence-electron chi connectivity index (χ3n) is 3.25. The summed E-state index contributed by atoms with van der Waals surface area (Å²) in [6.45, 7) is 0.449. The second-order valence-electron chi connectivity index (χ2n) is 5.09. The summed E-state index contributed by atoms with van der Waals surface area (Å²) in [5, 5.41) is 0. The maximum Gasteiger partial charge on any atom is 0.330 e. The number of rotatable bonds is 6. The molecular weight excluding hydrogens is 384 g/mol. The summed E-state index contributed by atoms with van der Waals surface area (Å²) >= 11 is 3.37. The number of benzene rings is 2. The number of hydrogen-bond donors (Lipinski definition) is 0. The predicted molar refractivity (Wildman–Crippen MR) is 99.2 cm³/mol. The van der Waals surface area contributed by atoms with E-state index in [1.807, 2.05) is 48.5 Å². The monoisotopic (exact) mass is 398 g/mol. The van der Waals surface area contributed by atoms with Gasteiger partial charge in [-0.05, 0) is 36.4 Å². The van der Waals surface area contributed by atoms with Crippen molar-refractivity contribution in [2.75, 3.05) is 13.2 Å². The second-order valence-corrected chi connectivity index (χ2v) is 6.01. The number of hydrogen-bond acceptors (Lipinski definition) is 5. The van der Waals surface area contributed by atoms with Gasteiger partial charge in [0.15, 0.2) is 0 Å². The van der Waals surface area contributed by atoms with E-state index in [0.29, 0.717) is 11.4 Å². The minimum atomic E-state index is -0.451. The van der Waals surface area contributed by atoms with Gasteiger partial charge in [-0.25, -0.2) is 9.78 Å². The normalized spacial score (nSPS) is 10.9. The molecule has 0 aliphatic rings. The first kappa shape index (κ1) is 17.1. The van der Waals surface area contributed by atoms with Crippen LogP contribution in [0.15, 0.2) is 65.3 Å². The van der Waals surface area contributed by atoms with E-state index in [1.54, 1.807) is 12.3 Å². The van der Waals surface area contributed by atoms with E-state index in [4.69, 9.17) is 9.47 Å². The van der Waals surface area contributed by atoms with Gasteiger partial charge in [0.05, 0.1) is 22.9 Å². The van der Waals surface area contributed by atoms with Gasteiger partial charge in [-0.3, -0.25) is 4.98 Å². The number of aromatic nitrogens is 2. The Labute approximate surface area is 153 Å². The molecule has 0 atom stereocenters. The van der Waals surface area contributed by atoms with Gasteiger partial charge >= 0.3 is 5.97 Å². The van der Waals surface area contributed by atoms with Crippen LogP contribution < -0.4 is 4.74 Å². The van der Waals surface area contributed by atoms with E-state index in [1.165, 1.54) is 6.08 Å². The van der Waals surface area contributed by atoms with Crippen LogP contribution >= 0.6 is 15.9 Å². The van der Waals surface area contributed by atoms with Crippen molar-refractivity contribution in [1.29, 1.82) is 0 Å². The van der Waals surface area contributed by atoms with Crippen LogP contribution in [0.2, 0.25) is 0 Å². The molecule has 1 heterocycles. The number of carbonyl (C=O) groups is 1. The third kappa shape index (κ3) is 5.12. The summed E-state index contributed by atoms with van der Waals surface area (Å²) in [5.41, 5.74) is 2.19. The van der Waals surface area contributed by atoms with Crippen molar-refractivity contribution in [2.24, 2.45) is 0 Å². The lowest BCUT2D eigenvalue weighted by Crippen LogP contribution is -2.10. The van der Waals surface area contributed by atoms with Crippen molar-refractivity contribution in [1.82, 2.24) is 9.97 Å². The third-order valence-corrected chi connectivity index (χ3v) is 3.74. The highest BCUT2D eigenvalue weighted by Crippen LogP contribution is 2.17. The number of carbonyl (C=O) groups excluding carboxylic acids is 1. The molecule has 0 fully saturated rings. The summed E-state index contributed by atoms with van der Waals surface area (Å²) < 4.78 is 11.5. The fourth-order valence-electron chi connectivity index (χ4n) is 2.11. The van der Waals surface area contributed by atoms with Gasteiger partial charge in [-0.1, -0.05) is 34.1 Å². The Kier molecular flexibility index (Phi) is 5.74. The largest absolute Gasteiger partial charge is 0.490 e. The van der Waals surface area contributed by atoms with Crippen LogP contribution in [0.1, 0.15) is 5.69 Å². The molecule has 0 N–H and O–H groups in total. The van der Waals surface area contributed by atoms with Gasteiger partial charge in [-0.2, -0.15) is 0 Å². The standard InChI is InChI=1S/C19H15BrN2O3/c20-14-4-3-5-16(12-14)24-10-11-25-19(23)9-8-15-13-21-17-6-1-2-7-18(17)22-15/h1-9,12-13H,10-11H2/b9-8+. The molecule has 6 heteroatoms. The van der Waals surface area contributed by atoms with Gasteiger partial charge in [0.2, 0.25) is 0 Å².